The monoisotopic (exact) mass is 125 g/mol. The number of nitrogens with one attached hydrogen (secondary N) is 1. The van der Waals surface area contributed by atoms with Crippen molar-refractivity contribution in [3.8, 4) is 0 Å². The number of rotatable bonds is 3. The molecule has 0 amide bonds. The summed E-state index contributed by atoms with van der Waals surface area (Å²) in [5, 5.41) is 7.11. The molecule has 52 valence electrons. The zero-order valence-corrected chi connectivity index (χ0v) is 6.49. The van der Waals surface area contributed by atoms with Gasteiger partial charge in [-0.05, 0) is 33.6 Å². The molecule has 0 heterocycles. The van der Waals surface area contributed by atoms with Gasteiger partial charge >= 0.3 is 0 Å². The van der Waals surface area contributed by atoms with E-state index < -0.39 is 0 Å². The molecular formula is C8H15N. The fourth-order valence-electron chi connectivity index (χ4n) is 0.577. The Hall–Kier alpha value is -0.590. The van der Waals surface area contributed by atoms with Crippen LogP contribution in [0.3, 0.4) is 0 Å². The summed E-state index contributed by atoms with van der Waals surface area (Å²) in [5.74, 6) is 0. The highest BCUT2D eigenvalue weighted by atomic mass is 14.4. The fraction of sp³-hybridized carbons (Fsp3) is 0.625. The van der Waals surface area contributed by atoms with Crippen LogP contribution in [0.2, 0.25) is 0 Å². The second kappa shape index (κ2) is 4.30. The molecule has 0 aromatic heterocycles. The van der Waals surface area contributed by atoms with Gasteiger partial charge in [0.05, 0.1) is 0 Å². The first-order valence-corrected chi connectivity index (χ1v) is 3.30. The van der Waals surface area contributed by atoms with Crippen LogP contribution in [-0.2, 0) is 0 Å². The third kappa shape index (κ3) is 7.41. The molecule has 0 aliphatic carbocycles. The third-order valence-corrected chi connectivity index (χ3v) is 1.07. The molecule has 0 aliphatic rings. The van der Waals surface area contributed by atoms with Gasteiger partial charge in [-0.2, -0.15) is 0 Å². The highest BCUT2D eigenvalue weighted by Gasteiger charge is 1.84. The smallest absolute Gasteiger partial charge is 0.00613 e. The molecule has 0 fully saturated rings. The zero-order valence-electron chi connectivity index (χ0n) is 6.49. The van der Waals surface area contributed by atoms with E-state index >= 15 is 0 Å². The van der Waals surface area contributed by atoms with Crippen LogP contribution in [0.1, 0.15) is 33.6 Å². The van der Waals surface area contributed by atoms with Crippen LogP contribution in [0.5, 0.6) is 0 Å². The molecule has 0 saturated carbocycles. The van der Waals surface area contributed by atoms with Crippen LogP contribution in [0.4, 0.5) is 0 Å². The summed E-state index contributed by atoms with van der Waals surface area (Å²) in [6, 6.07) is 0. The van der Waals surface area contributed by atoms with E-state index in [1.54, 1.807) is 0 Å². The van der Waals surface area contributed by atoms with Crippen molar-refractivity contribution >= 4 is 5.71 Å². The van der Waals surface area contributed by atoms with Crippen molar-refractivity contribution in [2.75, 3.05) is 0 Å². The van der Waals surface area contributed by atoms with E-state index in [0.717, 1.165) is 18.6 Å². The van der Waals surface area contributed by atoms with Crippen molar-refractivity contribution in [3.63, 3.8) is 0 Å². The van der Waals surface area contributed by atoms with Gasteiger partial charge in [0.2, 0.25) is 0 Å². The quantitative estimate of drug-likeness (QED) is 0.443. The molecule has 9 heavy (non-hydrogen) atoms. The van der Waals surface area contributed by atoms with Crippen molar-refractivity contribution < 1.29 is 0 Å². The Morgan fingerprint density at radius 1 is 1.33 bits per heavy atom. The van der Waals surface area contributed by atoms with E-state index in [9.17, 15) is 0 Å². The molecule has 0 unspecified atom stereocenters. The predicted octanol–water partition coefficient (Wildman–Crippen LogP) is 2.77. The average molecular weight is 125 g/mol. The normalized spacial score (nSPS) is 8.78. The summed E-state index contributed by atoms with van der Waals surface area (Å²) >= 11 is 0. The number of allylic oxidation sites excluding steroid dienone is 2. The molecule has 0 atom stereocenters. The molecule has 0 bridgehead atoms. The molecule has 0 aromatic rings. The van der Waals surface area contributed by atoms with Gasteiger partial charge in [-0.3, -0.25) is 0 Å². The van der Waals surface area contributed by atoms with Crippen LogP contribution in [0.15, 0.2) is 11.6 Å². The molecule has 0 rings (SSSR count). The molecule has 0 saturated heterocycles. The number of hydrogen-bond donors (Lipinski definition) is 1. The second-order valence-electron chi connectivity index (χ2n) is 2.60. The molecule has 0 aromatic carbocycles. The topological polar surface area (TPSA) is 23.9 Å². The Bertz CT molecular complexity index is 119. The van der Waals surface area contributed by atoms with Crippen molar-refractivity contribution in [2.24, 2.45) is 0 Å². The van der Waals surface area contributed by atoms with Gasteiger partial charge < -0.3 is 5.41 Å². The SMILES string of the molecule is CC(=N)CCC=C(C)C. The summed E-state index contributed by atoms with van der Waals surface area (Å²) in [7, 11) is 0. The van der Waals surface area contributed by atoms with Gasteiger partial charge in [-0.1, -0.05) is 11.6 Å². The Kier molecular flexibility index (Phi) is 4.02. The van der Waals surface area contributed by atoms with Crippen molar-refractivity contribution in [1.82, 2.24) is 0 Å². The van der Waals surface area contributed by atoms with E-state index in [1.807, 2.05) is 6.92 Å². The van der Waals surface area contributed by atoms with E-state index in [2.05, 4.69) is 19.9 Å². The minimum atomic E-state index is 0.771. The van der Waals surface area contributed by atoms with Gasteiger partial charge in [-0.15, -0.1) is 0 Å². The summed E-state index contributed by atoms with van der Waals surface area (Å²) in [6.45, 7) is 6.01. The first kappa shape index (κ1) is 8.41. The van der Waals surface area contributed by atoms with Crippen LogP contribution >= 0.6 is 0 Å². The van der Waals surface area contributed by atoms with E-state index in [0.29, 0.717) is 0 Å². The summed E-state index contributed by atoms with van der Waals surface area (Å²) in [4.78, 5) is 0. The molecule has 1 nitrogen and oxygen atoms in total. The van der Waals surface area contributed by atoms with E-state index in [1.165, 1.54) is 5.57 Å². The van der Waals surface area contributed by atoms with Gasteiger partial charge in [0.15, 0.2) is 0 Å². The highest BCUT2D eigenvalue weighted by molar-refractivity contribution is 5.78. The minimum absolute atomic E-state index is 0.771. The summed E-state index contributed by atoms with van der Waals surface area (Å²) in [6.07, 6.45) is 4.10. The average Bonchev–Trinajstić information content (AvgIpc) is 1.63. The molecule has 0 aliphatic heterocycles. The van der Waals surface area contributed by atoms with Crippen LogP contribution < -0.4 is 0 Å². The third-order valence-electron chi connectivity index (χ3n) is 1.07. The lowest BCUT2D eigenvalue weighted by molar-refractivity contribution is 1.06. The molecule has 1 N–H and O–H groups in total. The van der Waals surface area contributed by atoms with Crippen molar-refractivity contribution in [1.29, 1.82) is 5.41 Å². The van der Waals surface area contributed by atoms with E-state index in [-0.39, 0.29) is 0 Å². The number of hydrogen-bond acceptors (Lipinski definition) is 1. The van der Waals surface area contributed by atoms with Gasteiger partial charge in [0.25, 0.3) is 0 Å². The maximum absolute atomic E-state index is 7.11. The largest absolute Gasteiger partial charge is 0.310 e. The maximum atomic E-state index is 7.11. The summed E-state index contributed by atoms with van der Waals surface area (Å²) < 4.78 is 0. The highest BCUT2D eigenvalue weighted by Crippen LogP contribution is 1.96. The van der Waals surface area contributed by atoms with Crippen molar-refractivity contribution in [2.45, 2.75) is 33.6 Å². The van der Waals surface area contributed by atoms with Crippen molar-refractivity contribution in [3.05, 3.63) is 11.6 Å². The van der Waals surface area contributed by atoms with Crippen LogP contribution in [-0.4, -0.2) is 5.71 Å². The lowest BCUT2D eigenvalue weighted by Gasteiger charge is -1.91. The zero-order chi connectivity index (χ0) is 7.28. The fourth-order valence-corrected chi connectivity index (χ4v) is 0.577. The lowest BCUT2D eigenvalue weighted by Crippen LogP contribution is -1.85. The van der Waals surface area contributed by atoms with Crippen LogP contribution in [0.25, 0.3) is 0 Å². The molecule has 0 spiro atoms. The van der Waals surface area contributed by atoms with E-state index in [4.69, 9.17) is 5.41 Å². The molecule has 0 radical (unpaired) electrons. The molecular weight excluding hydrogens is 110 g/mol. The minimum Gasteiger partial charge on any atom is -0.310 e. The predicted molar refractivity (Wildman–Crippen MR) is 42.1 cm³/mol. The van der Waals surface area contributed by atoms with Crippen LogP contribution in [0, 0.1) is 5.41 Å². The Balaban J connectivity index is 3.31. The first-order valence-electron chi connectivity index (χ1n) is 3.30. The van der Waals surface area contributed by atoms with Gasteiger partial charge in [0.1, 0.15) is 0 Å². The Labute approximate surface area is 57.3 Å². The van der Waals surface area contributed by atoms with Gasteiger partial charge in [-0.25, -0.2) is 0 Å². The van der Waals surface area contributed by atoms with Gasteiger partial charge in [0, 0.05) is 5.71 Å². The standard InChI is InChI=1S/C8H15N/c1-7(2)5-4-6-8(3)9/h5,9H,4,6H2,1-3H3. The maximum Gasteiger partial charge on any atom is 0.00613 e. The second-order valence-corrected chi connectivity index (χ2v) is 2.60. The molecule has 1 heteroatoms. The Morgan fingerprint density at radius 2 is 1.89 bits per heavy atom. The Morgan fingerprint density at radius 3 is 2.22 bits per heavy atom. The first-order chi connectivity index (χ1) is 4.13. The lowest BCUT2D eigenvalue weighted by atomic mass is 10.2. The summed E-state index contributed by atoms with van der Waals surface area (Å²) in [5.41, 5.74) is 2.11.